The molecule has 1 aliphatic heterocycles. The van der Waals surface area contributed by atoms with E-state index in [1.165, 1.54) is 6.33 Å². The maximum atomic E-state index is 5.65. The zero-order chi connectivity index (χ0) is 13.7. The second-order valence-corrected chi connectivity index (χ2v) is 3.81. The number of aliphatic imine (C=N–C) groups is 1. The summed E-state index contributed by atoms with van der Waals surface area (Å²) in [7, 11) is 1.69. The zero-order valence-corrected chi connectivity index (χ0v) is 10.7. The van der Waals surface area contributed by atoms with Crippen molar-refractivity contribution in [3.63, 3.8) is 0 Å². The molecule has 0 fully saturated rings. The van der Waals surface area contributed by atoms with Crippen molar-refractivity contribution in [2.75, 3.05) is 13.6 Å². The number of nitrogens with zero attached hydrogens (tertiary/aromatic N) is 4. The number of ether oxygens (including phenoxy) is 1. The molecule has 0 aromatic carbocycles. The van der Waals surface area contributed by atoms with Gasteiger partial charge in [-0.15, -0.1) is 0 Å². The summed E-state index contributed by atoms with van der Waals surface area (Å²) in [4.78, 5) is 16.6. The fourth-order valence-corrected chi connectivity index (χ4v) is 1.65. The SMILES string of the molecule is C=C/C1=C(\C=NC)CN=c2ncnc/c2=C/C(=C)O1. The van der Waals surface area contributed by atoms with Gasteiger partial charge in [-0.05, 0) is 12.2 Å². The number of allylic oxidation sites excluding steroid dienone is 2. The van der Waals surface area contributed by atoms with Gasteiger partial charge >= 0.3 is 0 Å². The van der Waals surface area contributed by atoms with E-state index in [9.17, 15) is 0 Å². The van der Waals surface area contributed by atoms with Crippen molar-refractivity contribution in [2.45, 2.75) is 0 Å². The maximum absolute atomic E-state index is 5.65. The molecule has 5 nitrogen and oxygen atoms in total. The molecule has 19 heavy (non-hydrogen) atoms. The molecule has 2 heterocycles. The van der Waals surface area contributed by atoms with Crippen molar-refractivity contribution in [3.05, 3.63) is 59.6 Å². The highest BCUT2D eigenvalue weighted by Gasteiger charge is 2.06. The van der Waals surface area contributed by atoms with Crippen LogP contribution in [-0.4, -0.2) is 29.8 Å². The zero-order valence-electron chi connectivity index (χ0n) is 10.7. The van der Waals surface area contributed by atoms with Crippen LogP contribution in [0.5, 0.6) is 0 Å². The van der Waals surface area contributed by atoms with Crippen LogP contribution in [0.15, 0.2) is 58.8 Å². The number of rotatable bonds is 2. The standard InChI is InChI=1S/C14H14N4O/c1-4-13-12(6-15-3)8-17-14-11(5-10(2)19-13)7-16-9-18-14/h4-7,9H,1-2,8H2,3H3/b11-5-,13-12-,15-6?,17-14?. The van der Waals surface area contributed by atoms with E-state index < -0.39 is 0 Å². The van der Waals surface area contributed by atoms with Crippen LogP contribution in [0.4, 0.5) is 0 Å². The van der Waals surface area contributed by atoms with Crippen LogP contribution in [-0.2, 0) is 4.74 Å². The van der Waals surface area contributed by atoms with Gasteiger partial charge in [-0.1, -0.05) is 13.2 Å². The van der Waals surface area contributed by atoms with Gasteiger partial charge in [0.2, 0.25) is 0 Å². The molecular weight excluding hydrogens is 240 g/mol. The van der Waals surface area contributed by atoms with E-state index >= 15 is 0 Å². The molecule has 0 bridgehead atoms. The Morgan fingerprint density at radius 3 is 3.05 bits per heavy atom. The molecule has 2 rings (SSSR count). The minimum Gasteiger partial charge on any atom is -0.458 e. The summed E-state index contributed by atoms with van der Waals surface area (Å²) in [6.45, 7) is 7.99. The highest BCUT2D eigenvalue weighted by molar-refractivity contribution is 5.80. The van der Waals surface area contributed by atoms with Crippen LogP contribution < -0.4 is 10.7 Å². The number of hydrogen-bond acceptors (Lipinski definition) is 5. The lowest BCUT2D eigenvalue weighted by molar-refractivity contribution is 0.342. The van der Waals surface area contributed by atoms with Gasteiger partial charge < -0.3 is 4.74 Å². The first kappa shape index (κ1) is 12.9. The fraction of sp³-hybridized carbons (Fsp3) is 0.143. The van der Waals surface area contributed by atoms with E-state index in [-0.39, 0.29) is 0 Å². The molecule has 0 atom stereocenters. The van der Waals surface area contributed by atoms with E-state index in [2.05, 4.69) is 33.1 Å². The maximum Gasteiger partial charge on any atom is 0.158 e. The van der Waals surface area contributed by atoms with Gasteiger partial charge in [0.15, 0.2) is 5.49 Å². The van der Waals surface area contributed by atoms with Crippen LogP contribution in [0.1, 0.15) is 0 Å². The monoisotopic (exact) mass is 254 g/mol. The average Bonchev–Trinajstić information content (AvgIpc) is 2.48. The Balaban J connectivity index is 2.62. The lowest BCUT2D eigenvalue weighted by Crippen LogP contribution is -2.29. The second-order valence-electron chi connectivity index (χ2n) is 3.81. The molecule has 0 unspecified atom stereocenters. The summed E-state index contributed by atoms with van der Waals surface area (Å²) in [5.74, 6) is 1.07. The van der Waals surface area contributed by atoms with Crippen LogP contribution in [0, 0.1) is 0 Å². The molecule has 0 N–H and O–H groups in total. The Bertz CT molecular complexity index is 686. The van der Waals surface area contributed by atoms with Crippen molar-refractivity contribution in [3.8, 4) is 0 Å². The van der Waals surface area contributed by atoms with Gasteiger partial charge in [0, 0.05) is 30.3 Å². The molecule has 0 radical (unpaired) electrons. The highest BCUT2D eigenvalue weighted by atomic mass is 16.5. The summed E-state index contributed by atoms with van der Waals surface area (Å²) >= 11 is 0. The van der Waals surface area contributed by atoms with Gasteiger partial charge in [-0.25, -0.2) is 9.97 Å². The third-order valence-electron chi connectivity index (χ3n) is 2.46. The third-order valence-corrected chi connectivity index (χ3v) is 2.46. The molecule has 1 aromatic rings. The van der Waals surface area contributed by atoms with E-state index in [1.807, 2.05) is 0 Å². The number of hydrogen-bond donors (Lipinski definition) is 0. The minimum absolute atomic E-state index is 0.407. The van der Waals surface area contributed by atoms with Crippen molar-refractivity contribution in [2.24, 2.45) is 9.98 Å². The molecule has 0 amide bonds. The Morgan fingerprint density at radius 1 is 1.47 bits per heavy atom. The summed E-state index contributed by atoms with van der Waals surface area (Å²) in [6.07, 6.45) is 8.19. The predicted octanol–water partition coefficient (Wildman–Crippen LogP) is 0.561. The first-order valence-corrected chi connectivity index (χ1v) is 5.71. The number of aromatic nitrogens is 2. The van der Waals surface area contributed by atoms with E-state index in [0.29, 0.717) is 23.6 Å². The van der Waals surface area contributed by atoms with Crippen molar-refractivity contribution in [1.29, 1.82) is 0 Å². The van der Waals surface area contributed by atoms with Crippen LogP contribution in [0.25, 0.3) is 6.08 Å². The van der Waals surface area contributed by atoms with E-state index in [1.54, 1.807) is 31.6 Å². The van der Waals surface area contributed by atoms with Gasteiger partial charge in [-0.3, -0.25) is 9.98 Å². The average molecular weight is 254 g/mol. The predicted molar refractivity (Wildman–Crippen MR) is 74.0 cm³/mol. The largest absolute Gasteiger partial charge is 0.458 e. The molecule has 96 valence electrons. The lowest BCUT2D eigenvalue weighted by Gasteiger charge is -2.08. The van der Waals surface area contributed by atoms with Crippen LogP contribution in [0.3, 0.4) is 0 Å². The van der Waals surface area contributed by atoms with Crippen molar-refractivity contribution >= 4 is 12.3 Å². The Hall–Kier alpha value is -2.56. The summed E-state index contributed by atoms with van der Waals surface area (Å²) in [5, 5.41) is 0.769. The summed E-state index contributed by atoms with van der Waals surface area (Å²) in [5.41, 5.74) is 1.42. The van der Waals surface area contributed by atoms with E-state index in [0.717, 1.165) is 10.8 Å². The lowest BCUT2D eigenvalue weighted by atomic mass is 10.2. The first-order valence-electron chi connectivity index (χ1n) is 5.71. The fourth-order valence-electron chi connectivity index (χ4n) is 1.65. The topological polar surface area (TPSA) is 59.7 Å². The summed E-state index contributed by atoms with van der Waals surface area (Å²) < 4.78 is 5.65. The molecule has 1 aliphatic rings. The van der Waals surface area contributed by atoms with Gasteiger partial charge in [-0.2, -0.15) is 0 Å². The van der Waals surface area contributed by atoms with Crippen LogP contribution >= 0.6 is 0 Å². The quantitative estimate of drug-likeness (QED) is 0.725. The molecule has 0 aliphatic carbocycles. The smallest absolute Gasteiger partial charge is 0.158 e. The molecule has 1 aromatic heterocycles. The Labute approximate surface area is 111 Å². The Kier molecular flexibility index (Phi) is 3.97. The van der Waals surface area contributed by atoms with Gasteiger partial charge in [0.25, 0.3) is 0 Å². The second kappa shape index (κ2) is 5.86. The molecule has 5 heteroatoms. The summed E-state index contributed by atoms with van der Waals surface area (Å²) in [6, 6.07) is 0. The molecular formula is C14H14N4O. The van der Waals surface area contributed by atoms with Crippen LogP contribution in [0.2, 0.25) is 0 Å². The Morgan fingerprint density at radius 2 is 2.32 bits per heavy atom. The molecule has 0 saturated carbocycles. The van der Waals surface area contributed by atoms with E-state index in [4.69, 9.17) is 4.74 Å². The number of fused-ring (bicyclic) bond motifs is 1. The molecule has 0 saturated heterocycles. The third kappa shape index (κ3) is 3.01. The minimum atomic E-state index is 0.407. The van der Waals surface area contributed by atoms with Gasteiger partial charge in [0.1, 0.15) is 17.8 Å². The van der Waals surface area contributed by atoms with Crippen molar-refractivity contribution < 1.29 is 4.74 Å². The molecule has 0 spiro atoms. The van der Waals surface area contributed by atoms with Crippen molar-refractivity contribution in [1.82, 2.24) is 9.97 Å². The van der Waals surface area contributed by atoms with Gasteiger partial charge in [0.05, 0.1) is 6.54 Å². The normalized spacial score (nSPS) is 21.1. The highest BCUT2D eigenvalue weighted by Crippen LogP contribution is 2.12. The first-order chi connectivity index (χ1) is 9.24.